The lowest BCUT2D eigenvalue weighted by Crippen LogP contribution is -2.28. The molecule has 1 aromatic rings. The van der Waals surface area contributed by atoms with E-state index in [1.165, 1.54) is 0 Å². The van der Waals surface area contributed by atoms with E-state index in [9.17, 15) is 0 Å². The molecule has 0 aliphatic rings. The van der Waals surface area contributed by atoms with E-state index in [2.05, 4.69) is 27.2 Å². The van der Waals surface area contributed by atoms with Crippen LogP contribution < -0.4 is 4.57 Å². The van der Waals surface area contributed by atoms with Gasteiger partial charge in [0, 0.05) is 12.1 Å². The van der Waals surface area contributed by atoms with Crippen LogP contribution in [0.15, 0.2) is 30.6 Å². The number of aromatic nitrogens is 1. The Kier molecular flexibility index (Phi) is 2.27. The van der Waals surface area contributed by atoms with Crippen molar-refractivity contribution in [3.63, 3.8) is 0 Å². The maximum absolute atomic E-state index is 2.32. The van der Waals surface area contributed by atoms with Crippen LogP contribution in [0.5, 0.6) is 0 Å². The Morgan fingerprint density at radius 1 is 1.12 bits per heavy atom. The number of alkyl halides is 1. The molecular formula is C6H7IN+. The fourth-order valence-corrected chi connectivity index (χ4v) is 0.969. The molecule has 1 rings (SSSR count). The summed E-state index contributed by atoms with van der Waals surface area (Å²) >= 11 is 2.32. The lowest BCUT2D eigenvalue weighted by atomic mass is 10.5. The van der Waals surface area contributed by atoms with Gasteiger partial charge in [-0.15, -0.1) is 0 Å². The zero-order valence-electron chi connectivity index (χ0n) is 4.42. The van der Waals surface area contributed by atoms with Crippen molar-refractivity contribution in [3.05, 3.63) is 30.6 Å². The lowest BCUT2D eigenvalue weighted by molar-refractivity contribution is -0.670. The van der Waals surface area contributed by atoms with Crippen LogP contribution in [0.4, 0.5) is 0 Å². The number of halogens is 1. The van der Waals surface area contributed by atoms with E-state index < -0.39 is 0 Å². The molecule has 0 aliphatic heterocycles. The highest BCUT2D eigenvalue weighted by Crippen LogP contribution is 1.80. The first-order valence-electron chi connectivity index (χ1n) is 2.43. The van der Waals surface area contributed by atoms with E-state index in [1.807, 2.05) is 30.6 Å². The van der Waals surface area contributed by atoms with Crippen LogP contribution in [0.1, 0.15) is 0 Å². The van der Waals surface area contributed by atoms with Crippen LogP contribution in [0, 0.1) is 0 Å². The van der Waals surface area contributed by atoms with Gasteiger partial charge in [0.05, 0.1) is 0 Å². The maximum Gasteiger partial charge on any atom is 0.197 e. The second-order valence-electron chi connectivity index (χ2n) is 1.51. The first-order chi connectivity index (χ1) is 3.93. The molecule has 42 valence electrons. The molecule has 0 fully saturated rings. The Morgan fingerprint density at radius 3 is 2.12 bits per heavy atom. The largest absolute Gasteiger partial charge is 0.197 e. The summed E-state index contributed by atoms with van der Waals surface area (Å²) in [6, 6.07) is 6.07. The molecule has 0 saturated heterocycles. The van der Waals surface area contributed by atoms with Crippen molar-refractivity contribution in [2.75, 3.05) is 0 Å². The van der Waals surface area contributed by atoms with Crippen molar-refractivity contribution in [2.45, 2.75) is 4.55 Å². The molecule has 0 unspecified atom stereocenters. The van der Waals surface area contributed by atoms with Gasteiger partial charge in [0.1, 0.15) is 0 Å². The molecule has 0 atom stereocenters. The summed E-state index contributed by atoms with van der Waals surface area (Å²) < 4.78 is 3.14. The summed E-state index contributed by atoms with van der Waals surface area (Å²) in [5.41, 5.74) is 0. The average Bonchev–Trinajstić information content (AvgIpc) is 1.90. The summed E-state index contributed by atoms with van der Waals surface area (Å²) in [5.74, 6) is 0. The fourth-order valence-electron chi connectivity index (χ4n) is 0.514. The number of hydrogen-bond donors (Lipinski definition) is 0. The summed E-state index contributed by atoms with van der Waals surface area (Å²) in [6.45, 7) is 0. The molecule has 1 nitrogen and oxygen atoms in total. The Hall–Kier alpha value is -0.120. The Balaban J connectivity index is 2.83. The maximum atomic E-state index is 2.32. The van der Waals surface area contributed by atoms with E-state index in [-0.39, 0.29) is 0 Å². The van der Waals surface area contributed by atoms with Gasteiger partial charge in [-0.1, -0.05) is 6.07 Å². The van der Waals surface area contributed by atoms with Gasteiger partial charge in [0.25, 0.3) is 0 Å². The summed E-state index contributed by atoms with van der Waals surface area (Å²) in [6.07, 6.45) is 4.10. The lowest BCUT2D eigenvalue weighted by Gasteiger charge is -1.83. The smallest absolute Gasteiger partial charge is 0.196 e. The SMILES string of the molecule is IC[n+]1ccccc1. The van der Waals surface area contributed by atoms with Crippen molar-refractivity contribution in [3.8, 4) is 0 Å². The van der Waals surface area contributed by atoms with Gasteiger partial charge >= 0.3 is 0 Å². The minimum absolute atomic E-state index is 1.03. The van der Waals surface area contributed by atoms with Gasteiger partial charge in [0.2, 0.25) is 0 Å². The standard InChI is InChI=1S/C6H7IN/c7-6-8-4-2-1-3-5-8/h1-5H,6H2/q+1. The first-order valence-corrected chi connectivity index (χ1v) is 3.96. The first kappa shape index (κ1) is 6.01. The molecule has 0 radical (unpaired) electrons. The normalized spacial score (nSPS) is 9.12. The van der Waals surface area contributed by atoms with Gasteiger partial charge in [-0.25, -0.2) is 0 Å². The van der Waals surface area contributed by atoms with E-state index in [4.69, 9.17) is 0 Å². The molecule has 0 amide bonds. The van der Waals surface area contributed by atoms with Crippen molar-refractivity contribution < 1.29 is 4.57 Å². The van der Waals surface area contributed by atoms with Crippen molar-refractivity contribution in [1.29, 1.82) is 0 Å². The molecule has 0 spiro atoms. The van der Waals surface area contributed by atoms with Crippen LogP contribution >= 0.6 is 22.6 Å². The Morgan fingerprint density at radius 2 is 1.75 bits per heavy atom. The third kappa shape index (κ3) is 1.43. The zero-order chi connectivity index (χ0) is 5.82. The molecule has 0 aliphatic carbocycles. The topological polar surface area (TPSA) is 3.88 Å². The summed E-state index contributed by atoms with van der Waals surface area (Å²) in [5, 5.41) is 0. The van der Waals surface area contributed by atoms with Gasteiger partial charge in [-0.05, 0) is 22.6 Å². The van der Waals surface area contributed by atoms with E-state index in [0.29, 0.717) is 0 Å². The van der Waals surface area contributed by atoms with E-state index in [0.717, 1.165) is 4.55 Å². The van der Waals surface area contributed by atoms with Gasteiger partial charge in [-0.2, -0.15) is 4.57 Å². The number of rotatable bonds is 1. The molecule has 1 heterocycles. The van der Waals surface area contributed by atoms with Gasteiger partial charge in [-0.3, -0.25) is 0 Å². The Bertz CT molecular complexity index is 150. The molecule has 0 bridgehead atoms. The highest BCUT2D eigenvalue weighted by Gasteiger charge is 1.87. The third-order valence-electron chi connectivity index (χ3n) is 0.915. The summed E-state index contributed by atoms with van der Waals surface area (Å²) in [4.78, 5) is 0. The predicted octanol–water partition coefficient (Wildman–Crippen LogP) is 1.37. The van der Waals surface area contributed by atoms with Crippen LogP contribution in [-0.4, -0.2) is 0 Å². The van der Waals surface area contributed by atoms with Gasteiger partial charge in [0.15, 0.2) is 16.9 Å². The monoisotopic (exact) mass is 220 g/mol. The minimum atomic E-state index is 1.03. The van der Waals surface area contributed by atoms with E-state index >= 15 is 0 Å². The predicted molar refractivity (Wildman–Crippen MR) is 40.7 cm³/mol. The van der Waals surface area contributed by atoms with Crippen LogP contribution in [0.2, 0.25) is 0 Å². The average molecular weight is 220 g/mol. The van der Waals surface area contributed by atoms with Crippen molar-refractivity contribution in [2.24, 2.45) is 0 Å². The molecule has 0 aromatic carbocycles. The third-order valence-corrected chi connectivity index (χ3v) is 1.70. The molecule has 0 saturated carbocycles. The second kappa shape index (κ2) is 3.02. The van der Waals surface area contributed by atoms with E-state index in [1.54, 1.807) is 0 Å². The molecule has 2 heteroatoms. The summed E-state index contributed by atoms with van der Waals surface area (Å²) in [7, 11) is 0. The molecule has 0 N–H and O–H groups in total. The van der Waals surface area contributed by atoms with Crippen molar-refractivity contribution in [1.82, 2.24) is 0 Å². The van der Waals surface area contributed by atoms with Gasteiger partial charge < -0.3 is 0 Å². The van der Waals surface area contributed by atoms with Crippen molar-refractivity contribution >= 4 is 22.6 Å². The van der Waals surface area contributed by atoms with Crippen LogP contribution in [0.25, 0.3) is 0 Å². The molecule has 8 heavy (non-hydrogen) atoms. The second-order valence-corrected chi connectivity index (χ2v) is 2.19. The highest BCUT2D eigenvalue weighted by atomic mass is 127. The van der Waals surface area contributed by atoms with Crippen LogP contribution in [-0.2, 0) is 4.55 Å². The molecule has 1 aromatic heterocycles. The fraction of sp³-hybridized carbons (Fsp3) is 0.167. The van der Waals surface area contributed by atoms with Crippen LogP contribution in [0.3, 0.4) is 0 Å². The Labute approximate surface area is 62.5 Å². The zero-order valence-corrected chi connectivity index (χ0v) is 6.58. The minimum Gasteiger partial charge on any atom is -0.196 e. The number of nitrogens with zero attached hydrogens (tertiary/aromatic N) is 1. The molecular weight excluding hydrogens is 213 g/mol. The number of hydrogen-bond acceptors (Lipinski definition) is 0. The quantitative estimate of drug-likeness (QED) is 0.382. The highest BCUT2D eigenvalue weighted by molar-refractivity contribution is 14.1. The number of pyridine rings is 1.